The summed E-state index contributed by atoms with van der Waals surface area (Å²) in [6.07, 6.45) is 0. The molecule has 1 aliphatic rings. The van der Waals surface area contributed by atoms with Gasteiger partial charge in [0, 0.05) is 5.02 Å². The smallest absolute Gasteiger partial charge is 0.243 e. The Morgan fingerprint density at radius 2 is 1.83 bits per heavy atom. The van der Waals surface area contributed by atoms with E-state index in [0.29, 0.717) is 28.6 Å². The molecule has 1 unspecified atom stereocenters. The van der Waals surface area contributed by atoms with Crippen LogP contribution in [0.15, 0.2) is 48.5 Å². The van der Waals surface area contributed by atoms with Crippen molar-refractivity contribution in [2.75, 3.05) is 17.3 Å². The lowest BCUT2D eigenvalue weighted by atomic mass is 10.2. The molecule has 1 amide bonds. The molecule has 126 valence electrons. The Bertz CT molecular complexity index is 864. The fraction of sp³-hybridized carbons (Fsp3) is 0.235. The monoisotopic (exact) mass is 365 g/mol. The van der Waals surface area contributed by atoms with Crippen LogP contribution < -0.4 is 9.64 Å². The average molecular weight is 366 g/mol. The Kier molecular flexibility index (Phi) is 4.51. The van der Waals surface area contributed by atoms with Crippen molar-refractivity contribution in [2.24, 2.45) is 0 Å². The number of nitrogens with zero attached hydrogens (tertiary/aromatic N) is 1. The number of hydrogen-bond acceptors (Lipinski definition) is 4. The quantitative estimate of drug-likeness (QED) is 0.834. The van der Waals surface area contributed by atoms with E-state index in [1.165, 1.54) is 4.90 Å². The molecule has 2 aromatic rings. The van der Waals surface area contributed by atoms with E-state index in [9.17, 15) is 13.2 Å². The molecule has 5 nitrogen and oxygen atoms in total. The van der Waals surface area contributed by atoms with E-state index in [2.05, 4.69) is 0 Å². The molecule has 3 rings (SSSR count). The van der Waals surface area contributed by atoms with E-state index in [4.69, 9.17) is 16.3 Å². The van der Waals surface area contributed by atoms with Crippen LogP contribution in [0, 0.1) is 0 Å². The number of halogens is 1. The van der Waals surface area contributed by atoms with Gasteiger partial charge in [0.2, 0.25) is 5.91 Å². The third-order valence-corrected chi connectivity index (χ3v) is 5.81. The lowest BCUT2D eigenvalue weighted by molar-refractivity contribution is -0.115. The maximum atomic E-state index is 12.6. The summed E-state index contributed by atoms with van der Waals surface area (Å²) in [6.45, 7) is 2.24. The van der Waals surface area contributed by atoms with Crippen molar-refractivity contribution in [3.05, 3.63) is 59.1 Å². The van der Waals surface area contributed by atoms with Crippen LogP contribution in [0.25, 0.3) is 0 Å². The minimum atomic E-state index is -3.65. The van der Waals surface area contributed by atoms with Crippen LogP contribution in [-0.4, -0.2) is 26.7 Å². The molecule has 1 saturated heterocycles. The van der Waals surface area contributed by atoms with E-state index < -0.39 is 26.9 Å². The molecule has 7 heteroatoms. The van der Waals surface area contributed by atoms with Crippen LogP contribution in [-0.2, 0) is 14.6 Å². The van der Waals surface area contributed by atoms with Gasteiger partial charge in [0.25, 0.3) is 0 Å². The molecule has 2 aromatic carbocycles. The maximum absolute atomic E-state index is 12.6. The van der Waals surface area contributed by atoms with E-state index in [1.807, 2.05) is 6.92 Å². The van der Waals surface area contributed by atoms with Gasteiger partial charge in [-0.25, -0.2) is 8.42 Å². The molecule has 0 radical (unpaired) electrons. The summed E-state index contributed by atoms with van der Waals surface area (Å²) >= 11 is 5.89. The normalized spacial score (nSPS) is 19.5. The first-order valence-electron chi connectivity index (χ1n) is 7.45. The number of ether oxygens (including phenoxy) is 1. The second kappa shape index (κ2) is 6.45. The number of sulfone groups is 1. The second-order valence-corrected chi connectivity index (χ2v) is 7.87. The molecule has 0 N–H and O–H groups in total. The Morgan fingerprint density at radius 1 is 1.17 bits per heavy atom. The van der Waals surface area contributed by atoms with Crippen LogP contribution in [0.3, 0.4) is 0 Å². The fourth-order valence-corrected chi connectivity index (χ4v) is 4.68. The van der Waals surface area contributed by atoms with Gasteiger partial charge in [-0.3, -0.25) is 9.69 Å². The average Bonchev–Trinajstić information content (AvgIpc) is 2.78. The highest BCUT2D eigenvalue weighted by Crippen LogP contribution is 2.41. The van der Waals surface area contributed by atoms with Gasteiger partial charge in [0.1, 0.15) is 11.5 Å². The summed E-state index contributed by atoms with van der Waals surface area (Å²) < 4.78 is 30.7. The molecule has 1 aliphatic heterocycles. The van der Waals surface area contributed by atoms with Gasteiger partial charge in [-0.2, -0.15) is 0 Å². The first kappa shape index (κ1) is 16.8. The van der Waals surface area contributed by atoms with Crippen molar-refractivity contribution in [1.29, 1.82) is 0 Å². The highest BCUT2D eigenvalue weighted by atomic mass is 35.5. The number of para-hydroxylation sites is 2. The Morgan fingerprint density at radius 3 is 2.50 bits per heavy atom. The Balaban J connectivity index is 2.14. The molecule has 1 fully saturated rings. The van der Waals surface area contributed by atoms with Crippen LogP contribution in [0.5, 0.6) is 5.75 Å². The Hall–Kier alpha value is -2.05. The first-order chi connectivity index (χ1) is 11.4. The van der Waals surface area contributed by atoms with E-state index in [0.717, 1.165) is 0 Å². The molecule has 1 heterocycles. The third kappa shape index (κ3) is 2.99. The van der Waals surface area contributed by atoms with Crippen LogP contribution in [0.2, 0.25) is 5.02 Å². The molecule has 0 spiro atoms. The van der Waals surface area contributed by atoms with Gasteiger partial charge in [0.05, 0.1) is 12.3 Å². The molecular weight excluding hydrogens is 350 g/mol. The predicted molar refractivity (Wildman–Crippen MR) is 93.1 cm³/mol. The molecule has 0 aliphatic carbocycles. The number of carbonyl (C=O) groups is 1. The summed E-state index contributed by atoms with van der Waals surface area (Å²) in [6, 6.07) is 13.4. The largest absolute Gasteiger partial charge is 0.492 e. The van der Waals surface area contributed by atoms with Crippen LogP contribution in [0.4, 0.5) is 5.69 Å². The van der Waals surface area contributed by atoms with Gasteiger partial charge in [-0.1, -0.05) is 35.9 Å². The zero-order chi connectivity index (χ0) is 17.3. The third-order valence-electron chi connectivity index (χ3n) is 3.75. The zero-order valence-electron chi connectivity index (χ0n) is 13.0. The topological polar surface area (TPSA) is 63.7 Å². The number of rotatable bonds is 4. The second-order valence-electron chi connectivity index (χ2n) is 5.38. The van der Waals surface area contributed by atoms with Gasteiger partial charge >= 0.3 is 0 Å². The highest BCUT2D eigenvalue weighted by molar-refractivity contribution is 7.93. The number of benzene rings is 2. The van der Waals surface area contributed by atoms with Crippen molar-refractivity contribution >= 4 is 33.0 Å². The minimum Gasteiger partial charge on any atom is -0.492 e. The lowest BCUT2D eigenvalue weighted by Gasteiger charge is -2.25. The molecule has 0 bridgehead atoms. The van der Waals surface area contributed by atoms with Crippen molar-refractivity contribution in [3.63, 3.8) is 0 Å². The standard InChI is InChI=1S/C17H16ClNO4S/c1-2-23-15-6-4-3-5-14(15)19-16(20)11-24(21,22)17(19)12-7-9-13(18)10-8-12/h3-10,17H,2,11H2,1H3. The number of carbonyl (C=O) groups excluding carboxylic acids is 1. The van der Waals surface area contributed by atoms with Crippen LogP contribution >= 0.6 is 11.6 Å². The number of anilines is 1. The van der Waals surface area contributed by atoms with Gasteiger partial charge in [0.15, 0.2) is 15.2 Å². The molecule has 1 atom stereocenters. The van der Waals surface area contributed by atoms with Crippen molar-refractivity contribution in [1.82, 2.24) is 0 Å². The first-order valence-corrected chi connectivity index (χ1v) is 9.54. The van der Waals surface area contributed by atoms with E-state index in [1.54, 1.807) is 48.5 Å². The summed E-state index contributed by atoms with van der Waals surface area (Å²) in [7, 11) is -3.65. The fourth-order valence-electron chi connectivity index (χ4n) is 2.79. The van der Waals surface area contributed by atoms with Gasteiger partial charge < -0.3 is 4.74 Å². The number of amides is 1. The van der Waals surface area contributed by atoms with Crippen molar-refractivity contribution in [2.45, 2.75) is 12.3 Å². The molecule has 24 heavy (non-hydrogen) atoms. The van der Waals surface area contributed by atoms with Crippen LogP contribution in [0.1, 0.15) is 17.9 Å². The SMILES string of the molecule is CCOc1ccccc1N1C(=O)CS(=O)(=O)C1c1ccc(Cl)cc1. The van der Waals surface area contributed by atoms with E-state index >= 15 is 0 Å². The maximum Gasteiger partial charge on any atom is 0.243 e. The van der Waals surface area contributed by atoms with Crippen molar-refractivity contribution in [3.8, 4) is 5.75 Å². The van der Waals surface area contributed by atoms with E-state index in [-0.39, 0.29) is 0 Å². The predicted octanol–water partition coefficient (Wildman–Crippen LogP) is 3.20. The van der Waals surface area contributed by atoms with Gasteiger partial charge in [-0.15, -0.1) is 0 Å². The van der Waals surface area contributed by atoms with Crippen molar-refractivity contribution < 1.29 is 17.9 Å². The molecular formula is C17H16ClNO4S. The summed E-state index contributed by atoms with van der Waals surface area (Å²) in [5.41, 5.74) is 0.946. The Labute approximate surface area is 145 Å². The number of hydrogen-bond donors (Lipinski definition) is 0. The highest BCUT2D eigenvalue weighted by Gasteiger charge is 2.46. The zero-order valence-corrected chi connectivity index (χ0v) is 14.5. The van der Waals surface area contributed by atoms with Gasteiger partial charge in [-0.05, 0) is 36.8 Å². The summed E-state index contributed by atoms with van der Waals surface area (Å²) in [5, 5.41) is -0.578. The summed E-state index contributed by atoms with van der Waals surface area (Å²) in [5.74, 6) is -0.521. The molecule has 0 saturated carbocycles. The lowest BCUT2D eigenvalue weighted by Crippen LogP contribution is -2.29. The minimum absolute atomic E-state index is 0.414. The summed E-state index contributed by atoms with van der Waals surface area (Å²) in [4.78, 5) is 13.8. The molecule has 0 aromatic heterocycles.